The van der Waals surface area contributed by atoms with Gasteiger partial charge in [-0.2, -0.15) is 9.78 Å². The van der Waals surface area contributed by atoms with Gasteiger partial charge in [-0.3, -0.25) is 14.9 Å². The summed E-state index contributed by atoms with van der Waals surface area (Å²) >= 11 is 1.36. The number of hydrogen-bond donors (Lipinski definition) is 1. The van der Waals surface area contributed by atoms with E-state index in [1.807, 2.05) is 42.0 Å². The molecular formula is C19H17N5O2S. The van der Waals surface area contributed by atoms with Gasteiger partial charge >= 0.3 is 0 Å². The third-order valence-electron chi connectivity index (χ3n) is 4.17. The molecule has 0 bridgehead atoms. The van der Waals surface area contributed by atoms with Gasteiger partial charge in [-0.1, -0.05) is 18.2 Å². The van der Waals surface area contributed by atoms with Crippen LogP contribution in [0, 0.1) is 6.92 Å². The summed E-state index contributed by atoms with van der Waals surface area (Å²) in [6.45, 7) is 4.44. The number of nitrogens with zero attached hydrogens (tertiary/aromatic N) is 4. The number of amides is 1. The van der Waals surface area contributed by atoms with Gasteiger partial charge in [0.05, 0.1) is 22.5 Å². The van der Waals surface area contributed by atoms with Crippen molar-refractivity contribution in [2.75, 3.05) is 5.32 Å². The lowest BCUT2D eigenvalue weighted by atomic mass is 10.1. The third kappa shape index (κ3) is 3.15. The maximum atomic E-state index is 12.9. The standard InChI is InChI=1S/C19H17N5O2S/c1-3-23-9-14(17(25)21-19-20-12(2)11-27-19)16-15(10-23)18(26)24(22-16)13-7-5-4-6-8-13/h4-11H,3H2,1-2H3,(H,20,21,25). The predicted octanol–water partition coefficient (Wildman–Crippen LogP) is 3.18. The molecule has 0 aliphatic carbocycles. The van der Waals surface area contributed by atoms with Gasteiger partial charge in [0.15, 0.2) is 5.13 Å². The Kier molecular flexibility index (Phi) is 4.33. The van der Waals surface area contributed by atoms with Gasteiger partial charge in [0.25, 0.3) is 11.5 Å². The molecule has 4 rings (SSSR count). The molecule has 7 nitrogen and oxygen atoms in total. The molecule has 0 fully saturated rings. The zero-order chi connectivity index (χ0) is 19.0. The number of thiazole rings is 1. The van der Waals surface area contributed by atoms with Crippen molar-refractivity contribution >= 4 is 22.4 Å². The highest BCUT2D eigenvalue weighted by molar-refractivity contribution is 7.13. The van der Waals surface area contributed by atoms with E-state index in [1.165, 1.54) is 16.0 Å². The lowest BCUT2D eigenvalue weighted by molar-refractivity contribution is 0.102. The number of fused-ring (bicyclic) bond motifs is 1. The Morgan fingerprint density at radius 3 is 2.67 bits per heavy atom. The largest absolute Gasteiger partial charge is 0.353 e. The maximum Gasteiger partial charge on any atom is 0.282 e. The summed E-state index contributed by atoms with van der Waals surface area (Å²) in [4.78, 5) is 30.0. The molecule has 0 saturated heterocycles. The van der Waals surface area contributed by atoms with Gasteiger partial charge in [0.1, 0.15) is 5.69 Å². The van der Waals surface area contributed by atoms with E-state index in [2.05, 4.69) is 15.4 Å². The van der Waals surface area contributed by atoms with E-state index in [4.69, 9.17) is 0 Å². The summed E-state index contributed by atoms with van der Waals surface area (Å²) in [5.74, 6) is -0.338. The molecule has 0 saturated carbocycles. The summed E-state index contributed by atoms with van der Waals surface area (Å²) in [6.07, 6.45) is 3.44. The van der Waals surface area contributed by atoms with Crippen molar-refractivity contribution in [2.45, 2.75) is 20.4 Å². The van der Waals surface area contributed by atoms with Crippen molar-refractivity contribution in [1.29, 1.82) is 0 Å². The lowest BCUT2D eigenvalue weighted by Crippen LogP contribution is -2.17. The molecule has 136 valence electrons. The molecule has 1 aromatic heterocycles. The Labute approximate surface area is 159 Å². The zero-order valence-electron chi connectivity index (χ0n) is 14.8. The summed E-state index contributed by atoms with van der Waals surface area (Å²) in [5.41, 5.74) is 2.37. The highest BCUT2D eigenvalue weighted by Gasteiger charge is 2.24. The number of nitrogens with one attached hydrogen (secondary N) is 1. The fourth-order valence-corrected chi connectivity index (χ4v) is 3.51. The number of anilines is 1. The molecule has 0 unspecified atom stereocenters. The molecule has 27 heavy (non-hydrogen) atoms. The summed E-state index contributed by atoms with van der Waals surface area (Å²) in [6, 6.07) is 9.16. The molecule has 2 aliphatic heterocycles. The number of carbonyl (C=O) groups is 1. The Hall–Kier alpha value is -3.26. The first kappa shape index (κ1) is 17.2. The first-order chi connectivity index (χ1) is 13.1. The number of aryl methyl sites for hydroxylation is 2. The number of hydrogen-bond acceptors (Lipinski definition) is 5. The number of aromatic nitrogens is 4. The number of carbonyl (C=O) groups excluding carboxylic acids is 1. The molecule has 8 heteroatoms. The fourth-order valence-electron chi connectivity index (χ4n) is 2.83. The molecule has 2 aromatic rings. The number of rotatable bonds is 4. The number of para-hydroxylation sites is 1. The second-order valence-electron chi connectivity index (χ2n) is 6.07. The SMILES string of the molecule is CCn1cc(C(=O)Nc2nc(C)cs2)c2nn(-c3ccccc3)c(=O)c-2c1. The molecule has 0 atom stereocenters. The molecule has 1 N–H and O–H groups in total. The monoisotopic (exact) mass is 379 g/mol. The van der Waals surface area contributed by atoms with E-state index in [0.29, 0.717) is 34.2 Å². The predicted molar refractivity (Wildman–Crippen MR) is 105 cm³/mol. The van der Waals surface area contributed by atoms with Crippen LogP contribution in [0.3, 0.4) is 0 Å². The number of pyridine rings is 1. The van der Waals surface area contributed by atoms with Crippen LogP contribution < -0.4 is 10.9 Å². The van der Waals surface area contributed by atoms with Gasteiger partial charge in [0.2, 0.25) is 0 Å². The van der Waals surface area contributed by atoms with Crippen LogP contribution in [0.4, 0.5) is 5.13 Å². The molecule has 3 heterocycles. The van der Waals surface area contributed by atoms with Gasteiger partial charge in [-0.25, -0.2) is 4.98 Å². The Morgan fingerprint density at radius 2 is 2.00 bits per heavy atom. The molecule has 0 spiro atoms. The normalized spacial score (nSPS) is 11.0. The zero-order valence-corrected chi connectivity index (χ0v) is 15.7. The maximum absolute atomic E-state index is 12.9. The smallest absolute Gasteiger partial charge is 0.282 e. The second-order valence-corrected chi connectivity index (χ2v) is 6.92. The summed E-state index contributed by atoms with van der Waals surface area (Å²) < 4.78 is 3.14. The molecule has 1 aromatic carbocycles. The minimum atomic E-state index is -0.338. The fraction of sp³-hybridized carbons (Fsp3) is 0.158. The quantitative estimate of drug-likeness (QED) is 0.590. The Bertz CT molecular complexity index is 1140. The van der Waals surface area contributed by atoms with Crippen molar-refractivity contribution in [3.8, 4) is 16.9 Å². The molecular weight excluding hydrogens is 362 g/mol. The first-order valence-electron chi connectivity index (χ1n) is 8.48. The van der Waals surface area contributed by atoms with Crippen LogP contribution >= 0.6 is 11.3 Å². The minimum absolute atomic E-state index is 0.252. The number of benzene rings is 1. The van der Waals surface area contributed by atoms with Crippen molar-refractivity contribution in [3.63, 3.8) is 0 Å². The van der Waals surface area contributed by atoms with E-state index < -0.39 is 0 Å². The summed E-state index contributed by atoms with van der Waals surface area (Å²) in [5, 5.41) is 9.61. The van der Waals surface area contributed by atoms with E-state index in [1.54, 1.807) is 24.5 Å². The Morgan fingerprint density at radius 1 is 1.22 bits per heavy atom. The lowest BCUT2D eigenvalue weighted by Gasteiger charge is -2.10. The van der Waals surface area contributed by atoms with E-state index in [-0.39, 0.29) is 11.5 Å². The molecule has 0 radical (unpaired) electrons. The van der Waals surface area contributed by atoms with Crippen LogP contribution in [-0.4, -0.2) is 25.2 Å². The topological polar surface area (TPSA) is 81.8 Å². The average molecular weight is 379 g/mol. The third-order valence-corrected chi connectivity index (χ3v) is 5.05. The first-order valence-corrected chi connectivity index (χ1v) is 9.36. The van der Waals surface area contributed by atoms with Crippen LogP contribution in [0.25, 0.3) is 16.9 Å². The second kappa shape index (κ2) is 6.81. The molecule has 2 aliphatic rings. The Balaban J connectivity index is 1.84. The van der Waals surface area contributed by atoms with Crippen LogP contribution in [-0.2, 0) is 6.54 Å². The van der Waals surface area contributed by atoms with Crippen molar-refractivity contribution in [2.24, 2.45) is 0 Å². The minimum Gasteiger partial charge on any atom is -0.353 e. The van der Waals surface area contributed by atoms with E-state index in [0.717, 1.165) is 5.69 Å². The van der Waals surface area contributed by atoms with E-state index in [9.17, 15) is 9.59 Å². The van der Waals surface area contributed by atoms with Crippen molar-refractivity contribution in [1.82, 2.24) is 19.3 Å². The van der Waals surface area contributed by atoms with Crippen LogP contribution in [0.2, 0.25) is 0 Å². The van der Waals surface area contributed by atoms with Crippen molar-refractivity contribution in [3.05, 3.63) is 69.7 Å². The summed E-state index contributed by atoms with van der Waals surface area (Å²) in [7, 11) is 0. The highest BCUT2D eigenvalue weighted by Crippen LogP contribution is 2.24. The van der Waals surface area contributed by atoms with E-state index >= 15 is 0 Å². The van der Waals surface area contributed by atoms with Crippen molar-refractivity contribution < 1.29 is 4.79 Å². The van der Waals surface area contributed by atoms with Crippen LogP contribution in [0.5, 0.6) is 0 Å². The van der Waals surface area contributed by atoms with Gasteiger partial charge in [-0.05, 0) is 26.0 Å². The average Bonchev–Trinajstić information content (AvgIpc) is 3.24. The van der Waals surface area contributed by atoms with Gasteiger partial charge < -0.3 is 4.57 Å². The van der Waals surface area contributed by atoms with Gasteiger partial charge in [-0.15, -0.1) is 11.3 Å². The van der Waals surface area contributed by atoms with Crippen LogP contribution in [0.1, 0.15) is 23.0 Å². The highest BCUT2D eigenvalue weighted by atomic mass is 32.1. The molecule has 1 amide bonds. The van der Waals surface area contributed by atoms with Gasteiger partial charge in [0, 0.05) is 24.3 Å². The van der Waals surface area contributed by atoms with Crippen LogP contribution in [0.15, 0.2) is 52.9 Å².